The molecule has 2 aromatic heterocycles. The predicted octanol–water partition coefficient (Wildman–Crippen LogP) is 1.85. The lowest BCUT2D eigenvalue weighted by Crippen LogP contribution is -2.55. The maximum absolute atomic E-state index is 10.8. The summed E-state index contributed by atoms with van der Waals surface area (Å²) in [6.07, 6.45) is 3.72. The molecule has 1 saturated heterocycles. The van der Waals surface area contributed by atoms with Crippen molar-refractivity contribution in [2.45, 2.75) is 24.9 Å². The summed E-state index contributed by atoms with van der Waals surface area (Å²) in [4.78, 5) is 21.6. The Balaban J connectivity index is 2.07. The maximum Gasteiger partial charge on any atom is 0.206 e. The van der Waals surface area contributed by atoms with Crippen LogP contribution in [0.5, 0.6) is 0 Å². The van der Waals surface area contributed by atoms with Crippen molar-refractivity contribution in [3.63, 3.8) is 0 Å². The third-order valence-corrected chi connectivity index (χ3v) is 8.72. The maximum atomic E-state index is 10.8. The Kier molecular flexibility index (Phi) is 2.98. The quantitative estimate of drug-likeness (QED) is 0.630. The van der Waals surface area contributed by atoms with Crippen molar-refractivity contribution in [3.05, 3.63) is 35.8 Å². The Morgan fingerprint density at radius 3 is 1.68 bits per heavy atom. The van der Waals surface area contributed by atoms with E-state index >= 15 is 0 Å². The highest BCUT2D eigenvalue weighted by molar-refractivity contribution is 7.01. The van der Waals surface area contributed by atoms with Gasteiger partial charge in [-0.1, -0.05) is 12.8 Å². The summed E-state index contributed by atoms with van der Waals surface area (Å²) in [5, 5.41) is 1.78. The average molecular weight is 274 g/mol. The van der Waals surface area contributed by atoms with Crippen molar-refractivity contribution in [2.24, 2.45) is 0 Å². The van der Waals surface area contributed by atoms with E-state index in [1.165, 1.54) is 0 Å². The fraction of sp³-hybridized carbons (Fsp3) is 0.286. The van der Waals surface area contributed by atoms with Gasteiger partial charge in [0.25, 0.3) is 0 Å². The Morgan fingerprint density at radius 1 is 0.842 bits per heavy atom. The van der Waals surface area contributed by atoms with Crippen molar-refractivity contribution in [1.29, 1.82) is 0 Å². The first kappa shape index (κ1) is 12.2. The molecule has 3 rings (SSSR count). The molecule has 0 amide bonds. The minimum absolute atomic E-state index is 0.357. The molecule has 1 aliphatic heterocycles. The highest BCUT2D eigenvalue weighted by atomic mass is 28.3. The number of rotatable bonds is 4. The number of carbonyl (C=O) groups excluding carboxylic acids is 2. The molecule has 0 unspecified atom stereocenters. The summed E-state index contributed by atoms with van der Waals surface area (Å²) in [6.45, 7) is 0. The van der Waals surface area contributed by atoms with Crippen LogP contribution in [0.1, 0.15) is 34.0 Å². The summed E-state index contributed by atoms with van der Waals surface area (Å²) >= 11 is 0. The fourth-order valence-corrected chi connectivity index (χ4v) is 7.56. The highest BCUT2D eigenvalue weighted by Crippen LogP contribution is 2.30. The van der Waals surface area contributed by atoms with E-state index in [4.69, 9.17) is 8.83 Å². The molecule has 0 N–H and O–H groups in total. The van der Waals surface area contributed by atoms with E-state index in [9.17, 15) is 9.59 Å². The standard InChI is InChI=1S/C14H14O4Si/c15-9-11-3-5-13(17-11)19(7-1-2-8-19)14-6-4-12(10-16)18-14/h3-6,9-10H,1-2,7-8H2. The zero-order valence-corrected chi connectivity index (χ0v) is 11.4. The van der Waals surface area contributed by atoms with Crippen molar-refractivity contribution in [1.82, 2.24) is 0 Å². The molecule has 98 valence electrons. The molecule has 1 aliphatic rings. The molecule has 0 radical (unpaired) electrons. The van der Waals surface area contributed by atoms with Gasteiger partial charge in [-0.2, -0.15) is 0 Å². The Morgan fingerprint density at radius 2 is 1.32 bits per heavy atom. The van der Waals surface area contributed by atoms with Crippen LogP contribution in [0, 0.1) is 0 Å². The van der Waals surface area contributed by atoms with Crippen molar-refractivity contribution in [2.75, 3.05) is 0 Å². The van der Waals surface area contributed by atoms with Crippen LogP contribution in [0.3, 0.4) is 0 Å². The average Bonchev–Trinajstić information content (AvgIpc) is 3.17. The van der Waals surface area contributed by atoms with Crippen molar-refractivity contribution >= 4 is 31.4 Å². The van der Waals surface area contributed by atoms with Gasteiger partial charge in [-0.05, 0) is 36.4 Å². The zero-order valence-electron chi connectivity index (χ0n) is 10.4. The minimum Gasteiger partial charge on any atom is -0.463 e. The smallest absolute Gasteiger partial charge is 0.206 e. The lowest BCUT2D eigenvalue weighted by molar-refractivity contribution is 0.109. The normalized spacial score (nSPS) is 17.5. The summed E-state index contributed by atoms with van der Waals surface area (Å²) in [6, 6.07) is 9.29. The van der Waals surface area contributed by atoms with Gasteiger partial charge in [0, 0.05) is 0 Å². The zero-order chi connectivity index (χ0) is 13.3. The van der Waals surface area contributed by atoms with Crippen LogP contribution in [0.4, 0.5) is 0 Å². The van der Waals surface area contributed by atoms with Crippen LogP contribution < -0.4 is 10.8 Å². The molecular weight excluding hydrogens is 260 g/mol. The molecule has 1 fully saturated rings. The topological polar surface area (TPSA) is 60.4 Å². The van der Waals surface area contributed by atoms with E-state index in [1.54, 1.807) is 12.1 Å². The van der Waals surface area contributed by atoms with Crippen LogP contribution in [-0.2, 0) is 0 Å². The second-order valence-electron chi connectivity index (χ2n) is 4.93. The van der Waals surface area contributed by atoms with E-state index in [-0.39, 0.29) is 0 Å². The van der Waals surface area contributed by atoms with E-state index in [0.29, 0.717) is 11.5 Å². The fourth-order valence-electron chi connectivity index (χ4n) is 2.94. The van der Waals surface area contributed by atoms with Gasteiger partial charge in [-0.15, -0.1) is 0 Å². The van der Waals surface area contributed by atoms with Crippen LogP contribution in [-0.4, -0.2) is 20.6 Å². The van der Waals surface area contributed by atoms with Gasteiger partial charge >= 0.3 is 0 Å². The van der Waals surface area contributed by atoms with Gasteiger partial charge in [0.05, 0.1) is 10.8 Å². The number of hydrogen-bond donors (Lipinski definition) is 0. The molecule has 2 aromatic rings. The highest BCUT2D eigenvalue weighted by Gasteiger charge is 2.46. The SMILES string of the molecule is O=Cc1ccc([Si]2(c3ccc(C=O)o3)CCCC2)o1. The van der Waals surface area contributed by atoms with E-state index in [2.05, 4.69) is 0 Å². The molecule has 4 nitrogen and oxygen atoms in total. The third kappa shape index (κ3) is 1.90. The van der Waals surface area contributed by atoms with Crippen LogP contribution in [0.25, 0.3) is 0 Å². The minimum atomic E-state index is -2.03. The van der Waals surface area contributed by atoms with Gasteiger partial charge in [-0.25, -0.2) is 0 Å². The van der Waals surface area contributed by atoms with Gasteiger partial charge in [0.1, 0.15) is 0 Å². The second-order valence-corrected chi connectivity index (χ2v) is 9.08. The molecule has 0 atom stereocenters. The molecule has 0 aromatic carbocycles. The van der Waals surface area contributed by atoms with E-state index in [0.717, 1.165) is 48.3 Å². The molecule has 0 spiro atoms. The monoisotopic (exact) mass is 274 g/mol. The number of aldehydes is 2. The molecule has 0 saturated carbocycles. The first-order chi connectivity index (χ1) is 9.28. The summed E-state index contributed by atoms with van der Waals surface area (Å²) in [7, 11) is -2.03. The van der Waals surface area contributed by atoms with E-state index in [1.807, 2.05) is 12.1 Å². The van der Waals surface area contributed by atoms with Crippen LogP contribution >= 0.6 is 0 Å². The Bertz CT molecular complexity index is 556. The number of hydrogen-bond acceptors (Lipinski definition) is 4. The van der Waals surface area contributed by atoms with Gasteiger partial charge < -0.3 is 8.83 Å². The molecule has 5 heteroatoms. The number of furan rings is 2. The van der Waals surface area contributed by atoms with Crippen molar-refractivity contribution in [3.8, 4) is 0 Å². The molecule has 19 heavy (non-hydrogen) atoms. The first-order valence-corrected chi connectivity index (χ1v) is 8.81. The molecule has 0 aliphatic carbocycles. The molecule has 3 heterocycles. The van der Waals surface area contributed by atoms with Crippen LogP contribution in [0.15, 0.2) is 33.1 Å². The number of carbonyl (C=O) groups is 2. The largest absolute Gasteiger partial charge is 0.463 e. The second kappa shape index (κ2) is 4.66. The lowest BCUT2D eigenvalue weighted by atomic mass is 10.4. The summed E-state index contributed by atoms with van der Waals surface area (Å²) < 4.78 is 11.3. The van der Waals surface area contributed by atoms with Gasteiger partial charge in [0.15, 0.2) is 24.1 Å². The molecule has 0 bridgehead atoms. The van der Waals surface area contributed by atoms with Crippen LogP contribution in [0.2, 0.25) is 12.1 Å². The summed E-state index contributed by atoms with van der Waals surface area (Å²) in [5.41, 5.74) is 0. The van der Waals surface area contributed by atoms with Gasteiger partial charge in [0.2, 0.25) is 8.07 Å². The Labute approximate surface area is 111 Å². The molecular formula is C14H14O4Si. The summed E-state index contributed by atoms with van der Waals surface area (Å²) in [5.74, 6) is 0.715. The van der Waals surface area contributed by atoms with E-state index < -0.39 is 8.07 Å². The third-order valence-electron chi connectivity index (χ3n) is 3.89. The van der Waals surface area contributed by atoms with Crippen molar-refractivity contribution < 1.29 is 18.4 Å². The van der Waals surface area contributed by atoms with Gasteiger partial charge in [-0.3, -0.25) is 9.59 Å². The predicted molar refractivity (Wildman–Crippen MR) is 72.1 cm³/mol. The lowest BCUT2D eigenvalue weighted by Gasteiger charge is -2.20. The first-order valence-electron chi connectivity index (χ1n) is 6.39. The Hall–Kier alpha value is -1.88.